The number of H-pyrrole nitrogens is 1. The number of nitrogens with one attached hydrogen (secondary N) is 1. The van der Waals surface area contributed by atoms with Crippen molar-refractivity contribution in [2.45, 2.75) is 24.5 Å². The first kappa shape index (κ1) is 20.3. The number of phosphoric ester groups is 1. The zero-order valence-electron chi connectivity index (χ0n) is 13.7. The Morgan fingerprint density at radius 1 is 1.29 bits per heavy atom. The van der Waals surface area contributed by atoms with Crippen LogP contribution in [0.25, 0.3) is 10.9 Å². The van der Waals surface area contributed by atoms with Gasteiger partial charge >= 0.3 is 13.5 Å². The second-order valence-electron chi connectivity index (χ2n) is 5.92. The van der Waals surface area contributed by atoms with E-state index in [1.54, 1.807) is 0 Å². The van der Waals surface area contributed by atoms with Crippen molar-refractivity contribution in [3.63, 3.8) is 0 Å². The first-order chi connectivity index (χ1) is 13.0. The number of hydrogen-bond donors (Lipinski definition) is 5. The predicted molar refractivity (Wildman–Crippen MR) is 89.4 cm³/mol. The maximum absolute atomic E-state index is 12.3. The average molecular weight is 419 g/mol. The summed E-state index contributed by atoms with van der Waals surface area (Å²) in [6.45, 7) is -0.791. The van der Waals surface area contributed by atoms with E-state index >= 15 is 0 Å². The van der Waals surface area contributed by atoms with E-state index < -0.39 is 60.8 Å². The van der Waals surface area contributed by atoms with Gasteiger partial charge in [-0.2, -0.15) is 0 Å². The average Bonchev–Trinajstić information content (AvgIpc) is 2.87. The number of rotatable bonds is 5. The number of aliphatic hydroxyl groups is 2. The van der Waals surface area contributed by atoms with Crippen LogP contribution in [0, 0.1) is 10.1 Å². The number of fused-ring (bicyclic) bond motifs is 1. The van der Waals surface area contributed by atoms with Gasteiger partial charge in [-0.25, -0.2) is 9.36 Å². The Balaban J connectivity index is 2.05. The molecule has 0 unspecified atom stereocenters. The van der Waals surface area contributed by atoms with Crippen LogP contribution in [-0.2, 0) is 13.8 Å². The van der Waals surface area contributed by atoms with Crippen molar-refractivity contribution in [1.82, 2.24) is 9.55 Å². The Morgan fingerprint density at radius 2 is 1.96 bits per heavy atom. The first-order valence-corrected chi connectivity index (χ1v) is 9.17. The smallest absolute Gasteiger partial charge is 0.387 e. The summed E-state index contributed by atoms with van der Waals surface area (Å²) in [5.41, 5.74) is -2.47. The number of aromatic nitrogens is 2. The number of nitro benzene ring substituents is 1. The van der Waals surface area contributed by atoms with Crippen LogP contribution in [0.15, 0.2) is 27.8 Å². The van der Waals surface area contributed by atoms with Crippen LogP contribution in [-0.4, -0.2) is 59.4 Å². The third kappa shape index (κ3) is 3.74. The van der Waals surface area contributed by atoms with Crippen molar-refractivity contribution in [1.29, 1.82) is 0 Å². The van der Waals surface area contributed by atoms with Crippen LogP contribution in [0.3, 0.4) is 0 Å². The van der Waals surface area contributed by atoms with Gasteiger partial charge in [0.15, 0.2) is 6.23 Å². The Kier molecular flexibility index (Phi) is 5.20. The molecule has 0 aliphatic carbocycles. The molecule has 4 atom stereocenters. The number of hydrogen-bond acceptors (Lipinski definition) is 9. The van der Waals surface area contributed by atoms with Crippen molar-refractivity contribution >= 4 is 24.4 Å². The molecule has 2 aromatic rings. The predicted octanol–water partition coefficient (Wildman–Crippen LogP) is -1.67. The highest BCUT2D eigenvalue weighted by atomic mass is 31.2. The zero-order chi connectivity index (χ0) is 20.8. The van der Waals surface area contributed by atoms with E-state index in [4.69, 9.17) is 14.5 Å². The summed E-state index contributed by atoms with van der Waals surface area (Å²) in [7, 11) is -4.88. The van der Waals surface area contributed by atoms with Crippen LogP contribution >= 0.6 is 7.82 Å². The molecule has 1 aliphatic rings. The van der Waals surface area contributed by atoms with Crippen LogP contribution in [0.1, 0.15) is 6.23 Å². The van der Waals surface area contributed by atoms with Gasteiger partial charge in [-0.1, -0.05) is 0 Å². The topological polar surface area (TPSA) is 214 Å². The molecule has 0 bridgehead atoms. The first-order valence-electron chi connectivity index (χ1n) is 7.64. The number of aromatic amines is 1. The van der Waals surface area contributed by atoms with Gasteiger partial charge in [0.2, 0.25) is 0 Å². The third-order valence-electron chi connectivity index (χ3n) is 4.13. The molecule has 1 aliphatic heterocycles. The van der Waals surface area contributed by atoms with Gasteiger partial charge in [-0.3, -0.25) is 29.0 Å². The lowest BCUT2D eigenvalue weighted by atomic mass is 10.1. The van der Waals surface area contributed by atoms with Crippen molar-refractivity contribution in [2.24, 2.45) is 0 Å². The molecular formula is C13H14N3O11P. The van der Waals surface area contributed by atoms with Gasteiger partial charge in [0.25, 0.3) is 11.2 Å². The number of nitrogens with zero attached hydrogens (tertiary/aromatic N) is 2. The van der Waals surface area contributed by atoms with Crippen LogP contribution in [0.5, 0.6) is 0 Å². The largest absolute Gasteiger partial charge is 0.469 e. The molecule has 152 valence electrons. The van der Waals surface area contributed by atoms with Crippen molar-refractivity contribution in [2.75, 3.05) is 6.61 Å². The van der Waals surface area contributed by atoms with Crippen LogP contribution in [0.2, 0.25) is 0 Å². The summed E-state index contributed by atoms with van der Waals surface area (Å²) in [6.07, 6.45) is -6.37. The van der Waals surface area contributed by atoms with Gasteiger partial charge in [0.1, 0.15) is 18.3 Å². The number of ether oxygens (including phenoxy) is 1. The molecular weight excluding hydrogens is 405 g/mol. The standard InChI is InChI=1S/C13H14N3O11P/c17-9-8(4-26-28(23,24)25)27-12(10(9)18)15-7-2-1-5(16(21)22)3-6(7)11(19)14-13(15)20/h1-3,8-10,12,17-18H,4H2,(H,14,19,20)(H2,23,24,25)/t8-,9-,10-,12-/m1/s1. The normalized spacial score (nSPS) is 25.3. The molecule has 1 aromatic carbocycles. The Labute approximate surface area is 154 Å². The molecule has 0 saturated carbocycles. The van der Waals surface area contributed by atoms with E-state index in [1.165, 1.54) is 0 Å². The maximum Gasteiger partial charge on any atom is 0.469 e. The lowest BCUT2D eigenvalue weighted by Crippen LogP contribution is -2.38. The zero-order valence-corrected chi connectivity index (χ0v) is 14.6. The molecule has 0 radical (unpaired) electrons. The molecule has 0 amide bonds. The number of non-ortho nitro benzene ring substituents is 1. The van der Waals surface area contributed by atoms with Crippen molar-refractivity contribution in [3.8, 4) is 0 Å². The summed E-state index contributed by atoms with van der Waals surface area (Å²) >= 11 is 0. The molecule has 14 nitrogen and oxygen atoms in total. The summed E-state index contributed by atoms with van der Waals surface area (Å²) in [5.74, 6) is 0. The Hall–Kier alpha value is -2.45. The number of phosphoric acid groups is 1. The molecule has 3 rings (SSSR count). The highest BCUT2D eigenvalue weighted by Gasteiger charge is 2.45. The minimum absolute atomic E-state index is 0.118. The fraction of sp³-hybridized carbons (Fsp3) is 0.385. The number of aliphatic hydroxyl groups excluding tert-OH is 2. The van der Waals surface area contributed by atoms with Gasteiger partial charge in [0.05, 0.1) is 22.4 Å². The number of benzene rings is 1. The molecule has 5 N–H and O–H groups in total. The lowest BCUT2D eigenvalue weighted by molar-refractivity contribution is -0.384. The number of nitro groups is 1. The van der Waals surface area contributed by atoms with E-state index in [1.807, 2.05) is 4.98 Å². The SMILES string of the molecule is O=c1[nH]c(=O)n([C@@H]2O[C@H](COP(=O)(O)O)[C@@H](O)[C@H]2O)c2ccc([N+](=O)[O-])cc12. The van der Waals surface area contributed by atoms with Gasteiger partial charge in [-0.05, 0) is 6.07 Å². The van der Waals surface area contributed by atoms with Gasteiger partial charge < -0.3 is 24.7 Å². The summed E-state index contributed by atoms with van der Waals surface area (Å²) in [5, 5.41) is 30.9. The minimum Gasteiger partial charge on any atom is -0.387 e. The van der Waals surface area contributed by atoms with Crippen LogP contribution in [0.4, 0.5) is 5.69 Å². The van der Waals surface area contributed by atoms with E-state index in [2.05, 4.69) is 4.52 Å². The van der Waals surface area contributed by atoms with E-state index in [0.717, 1.165) is 22.8 Å². The summed E-state index contributed by atoms with van der Waals surface area (Å²) in [6, 6.07) is 3.06. The molecule has 0 spiro atoms. The molecule has 1 saturated heterocycles. The highest BCUT2D eigenvalue weighted by molar-refractivity contribution is 7.46. The fourth-order valence-electron chi connectivity index (χ4n) is 2.87. The molecule has 2 heterocycles. The lowest BCUT2D eigenvalue weighted by Gasteiger charge is -2.19. The third-order valence-corrected chi connectivity index (χ3v) is 4.62. The Morgan fingerprint density at radius 3 is 2.57 bits per heavy atom. The van der Waals surface area contributed by atoms with Gasteiger partial charge in [0, 0.05) is 12.1 Å². The molecule has 1 aromatic heterocycles. The molecule has 15 heteroatoms. The quantitative estimate of drug-likeness (QED) is 0.210. The second-order valence-corrected chi connectivity index (χ2v) is 7.16. The van der Waals surface area contributed by atoms with E-state index in [-0.39, 0.29) is 10.9 Å². The van der Waals surface area contributed by atoms with Gasteiger partial charge in [-0.15, -0.1) is 0 Å². The van der Waals surface area contributed by atoms with Crippen LogP contribution < -0.4 is 11.2 Å². The maximum atomic E-state index is 12.3. The fourth-order valence-corrected chi connectivity index (χ4v) is 3.21. The van der Waals surface area contributed by atoms with Crippen molar-refractivity contribution in [3.05, 3.63) is 49.2 Å². The summed E-state index contributed by atoms with van der Waals surface area (Å²) < 4.78 is 21.1. The van der Waals surface area contributed by atoms with E-state index in [0.29, 0.717) is 0 Å². The molecule has 1 fully saturated rings. The minimum atomic E-state index is -4.88. The van der Waals surface area contributed by atoms with Crippen molar-refractivity contribution < 1.29 is 38.7 Å². The summed E-state index contributed by atoms with van der Waals surface area (Å²) in [4.78, 5) is 53.9. The monoisotopic (exact) mass is 419 g/mol. The Bertz CT molecular complexity index is 1090. The highest BCUT2D eigenvalue weighted by Crippen LogP contribution is 2.38. The van der Waals surface area contributed by atoms with E-state index in [9.17, 15) is 34.5 Å². The molecule has 28 heavy (non-hydrogen) atoms. The second kappa shape index (κ2) is 7.18.